The van der Waals surface area contributed by atoms with Gasteiger partial charge in [-0.2, -0.15) is 5.10 Å². The number of aryl methyl sites for hydroxylation is 1. The zero-order valence-corrected chi connectivity index (χ0v) is 32.4. The number of likely N-dealkylation sites (tertiary alicyclic amines) is 1. The highest BCUT2D eigenvalue weighted by Crippen LogP contribution is 2.40. The van der Waals surface area contributed by atoms with Gasteiger partial charge in [-0.3, -0.25) is 29.3 Å². The maximum absolute atomic E-state index is 16.6. The molecule has 5 amide bonds. The number of fused-ring (bicyclic) bond motifs is 1. The second kappa shape index (κ2) is 16.0. The minimum atomic E-state index is -0.869. The molecule has 0 unspecified atom stereocenters. The molecule has 58 heavy (non-hydrogen) atoms. The molecule has 5 aromatic rings. The van der Waals surface area contributed by atoms with Gasteiger partial charge in [-0.05, 0) is 84.2 Å². The van der Waals surface area contributed by atoms with E-state index in [2.05, 4.69) is 27.5 Å². The van der Waals surface area contributed by atoms with Crippen molar-refractivity contribution >= 4 is 46.0 Å². The van der Waals surface area contributed by atoms with Crippen molar-refractivity contribution in [2.75, 3.05) is 56.6 Å². The van der Waals surface area contributed by atoms with Gasteiger partial charge in [-0.15, -0.1) is 0 Å². The van der Waals surface area contributed by atoms with Gasteiger partial charge in [0.2, 0.25) is 11.8 Å². The first-order valence-corrected chi connectivity index (χ1v) is 19.7. The van der Waals surface area contributed by atoms with E-state index in [1.54, 1.807) is 31.0 Å². The number of hydrogen-bond acceptors (Lipinski definition) is 6. The lowest BCUT2D eigenvalue weighted by Crippen LogP contribution is -2.50. The van der Waals surface area contributed by atoms with Crippen molar-refractivity contribution in [3.63, 3.8) is 0 Å². The van der Waals surface area contributed by atoms with E-state index in [0.717, 1.165) is 40.9 Å². The molecule has 3 aromatic carbocycles. The van der Waals surface area contributed by atoms with E-state index >= 15 is 13.2 Å². The molecule has 3 saturated heterocycles. The van der Waals surface area contributed by atoms with Crippen molar-refractivity contribution in [1.29, 1.82) is 0 Å². The number of amides is 5. The maximum Gasteiger partial charge on any atom is 0.328 e. The maximum atomic E-state index is 16.6. The summed E-state index contributed by atoms with van der Waals surface area (Å²) in [5.74, 6) is -2.96. The molecule has 0 spiro atoms. The number of carbonyl (C=O) groups excluding carboxylic acids is 4. The van der Waals surface area contributed by atoms with Crippen LogP contribution < -0.4 is 15.1 Å². The van der Waals surface area contributed by atoms with Crippen molar-refractivity contribution in [3.8, 4) is 11.1 Å². The summed E-state index contributed by atoms with van der Waals surface area (Å²) in [5.41, 5.74) is 3.70. The Labute approximate surface area is 333 Å². The Kier molecular flexibility index (Phi) is 10.7. The number of anilines is 2. The van der Waals surface area contributed by atoms with Crippen LogP contribution in [0.5, 0.6) is 0 Å². The molecule has 15 heteroatoms. The largest absolute Gasteiger partial charge is 0.371 e. The van der Waals surface area contributed by atoms with E-state index in [0.29, 0.717) is 62.2 Å². The van der Waals surface area contributed by atoms with Crippen molar-refractivity contribution in [3.05, 3.63) is 101 Å². The number of rotatable bonds is 9. The number of carbonyl (C=O) groups is 4. The summed E-state index contributed by atoms with van der Waals surface area (Å²) in [6, 6.07) is 15.2. The molecular weight excluding hydrogens is 750 g/mol. The number of aromatic nitrogens is 3. The van der Waals surface area contributed by atoms with Crippen molar-refractivity contribution in [2.45, 2.75) is 56.9 Å². The average Bonchev–Trinajstić information content (AvgIpc) is 3.92. The normalized spacial score (nSPS) is 17.9. The second-order valence-electron chi connectivity index (χ2n) is 15.6. The number of urea groups is 1. The fraction of sp³-hybridized carbons (Fsp3) is 0.372. The average molecular weight is 795 g/mol. The molecule has 0 aliphatic carbocycles. The number of piperidine rings is 2. The standard InChI is InChI=1S/C43H45F3N8O4/c1-50(2)42(57)36-24-33-31(23-32(39(46)40(33)48-36)29-5-3-15-52(25-29)38(56)13-19-53-16-4-14-47-53)28-8-6-26(7-9-28)27-10-17-51(18-11-27)30-21-34(44)41(35(45)22-30)54-20-12-37(55)49-43(54)58/h4,6-9,14,16,21-24,27,29,48H,3,5,10-13,15,17-20,25H2,1-2H3,(H,49,55,58)/t29-/m0/s1. The number of hydrogen-bond donors (Lipinski definition) is 2. The van der Waals surface area contributed by atoms with E-state index < -0.39 is 35.1 Å². The van der Waals surface area contributed by atoms with Gasteiger partial charge >= 0.3 is 6.03 Å². The Morgan fingerprint density at radius 3 is 2.33 bits per heavy atom. The van der Waals surface area contributed by atoms with Gasteiger partial charge in [0.15, 0.2) is 17.5 Å². The summed E-state index contributed by atoms with van der Waals surface area (Å²) in [6.07, 6.45) is 6.68. The van der Waals surface area contributed by atoms with Crippen molar-refractivity contribution in [2.24, 2.45) is 0 Å². The SMILES string of the molecule is CN(C)C(=O)c1cc2c(-c3ccc(C4CCN(c5cc(F)c(N6CCC(=O)NC6=O)c(F)c5)CC4)cc3)cc([C@H]3CCCN(C(=O)CCn4cccn4)C3)c(F)c2[nH]1. The Bertz CT molecular complexity index is 2350. The first kappa shape index (κ1) is 38.7. The second-order valence-corrected chi connectivity index (χ2v) is 15.6. The first-order valence-electron chi connectivity index (χ1n) is 19.7. The topological polar surface area (TPSA) is 127 Å². The molecule has 0 radical (unpaired) electrons. The highest BCUT2D eigenvalue weighted by Gasteiger charge is 2.32. The van der Waals surface area contributed by atoms with E-state index in [1.165, 1.54) is 17.0 Å². The van der Waals surface area contributed by atoms with E-state index in [4.69, 9.17) is 0 Å². The number of halogens is 3. The monoisotopic (exact) mass is 794 g/mol. The lowest BCUT2D eigenvalue weighted by atomic mass is 9.85. The smallest absolute Gasteiger partial charge is 0.328 e. The molecule has 0 saturated carbocycles. The predicted octanol–water partition coefficient (Wildman–Crippen LogP) is 6.78. The molecule has 8 rings (SSSR count). The molecule has 5 heterocycles. The van der Waals surface area contributed by atoms with Crippen molar-refractivity contribution in [1.82, 2.24) is 29.9 Å². The van der Waals surface area contributed by atoms with E-state index in [1.807, 2.05) is 40.3 Å². The highest BCUT2D eigenvalue weighted by molar-refractivity contribution is 6.06. The molecule has 3 fully saturated rings. The third kappa shape index (κ3) is 7.64. The number of imide groups is 1. The van der Waals surface area contributed by atoms with Crippen molar-refractivity contribution < 1.29 is 32.3 Å². The summed E-state index contributed by atoms with van der Waals surface area (Å²) >= 11 is 0. The van der Waals surface area contributed by atoms with Crippen LogP contribution in [0.3, 0.4) is 0 Å². The van der Waals surface area contributed by atoms with Crippen LogP contribution in [-0.4, -0.2) is 95.1 Å². The zero-order valence-electron chi connectivity index (χ0n) is 32.4. The number of nitrogens with one attached hydrogen (secondary N) is 2. The Morgan fingerprint density at radius 2 is 1.66 bits per heavy atom. The predicted molar refractivity (Wildman–Crippen MR) is 213 cm³/mol. The van der Waals surface area contributed by atoms with Gasteiger partial charge in [0.05, 0.1) is 5.52 Å². The summed E-state index contributed by atoms with van der Waals surface area (Å²) in [4.78, 5) is 59.3. The van der Waals surface area contributed by atoms with Crippen LogP contribution in [0.2, 0.25) is 0 Å². The van der Waals surface area contributed by atoms with Gasteiger partial charge in [-0.25, -0.2) is 18.0 Å². The fourth-order valence-electron chi connectivity index (χ4n) is 8.61. The molecule has 3 aliphatic rings. The molecule has 302 valence electrons. The third-order valence-corrected chi connectivity index (χ3v) is 11.7. The molecule has 0 bridgehead atoms. The van der Waals surface area contributed by atoms with Gasteiger partial charge in [0, 0.05) is 95.6 Å². The lowest BCUT2D eigenvalue weighted by molar-refractivity contribution is -0.132. The summed E-state index contributed by atoms with van der Waals surface area (Å²) in [5, 5.41) is 6.89. The van der Waals surface area contributed by atoms with Crippen LogP contribution in [0.1, 0.15) is 72.0 Å². The number of H-pyrrole nitrogens is 1. The van der Waals surface area contributed by atoms with Gasteiger partial charge < -0.3 is 19.7 Å². The molecule has 12 nitrogen and oxygen atoms in total. The Hall–Kier alpha value is -6.12. The van der Waals surface area contributed by atoms with Crippen LogP contribution in [-0.2, 0) is 16.1 Å². The molecule has 3 aliphatic heterocycles. The van der Waals surface area contributed by atoms with Crippen LogP contribution >= 0.6 is 0 Å². The molecule has 2 N–H and O–H groups in total. The molecule has 2 aromatic heterocycles. The van der Waals surface area contributed by atoms with E-state index in [9.17, 15) is 19.2 Å². The summed E-state index contributed by atoms with van der Waals surface area (Å²) < 4.78 is 48.8. The Morgan fingerprint density at radius 1 is 0.914 bits per heavy atom. The van der Waals surface area contributed by atoms with Crippen LogP contribution in [0, 0.1) is 17.5 Å². The summed E-state index contributed by atoms with van der Waals surface area (Å²) in [6.45, 7) is 2.48. The molecular formula is C43H45F3N8O4. The van der Waals surface area contributed by atoms with Crippen LogP contribution in [0.4, 0.5) is 29.3 Å². The number of benzene rings is 3. The van der Waals surface area contributed by atoms with Crippen LogP contribution in [0.15, 0.2) is 67.0 Å². The van der Waals surface area contributed by atoms with E-state index in [-0.39, 0.29) is 47.8 Å². The van der Waals surface area contributed by atoms with Gasteiger partial charge in [-0.1, -0.05) is 24.3 Å². The molecule has 1 atom stereocenters. The highest BCUT2D eigenvalue weighted by atomic mass is 19.1. The van der Waals surface area contributed by atoms with Gasteiger partial charge in [0.1, 0.15) is 11.4 Å². The third-order valence-electron chi connectivity index (χ3n) is 11.7. The van der Waals surface area contributed by atoms with Gasteiger partial charge in [0.25, 0.3) is 5.91 Å². The quantitative estimate of drug-likeness (QED) is 0.170. The Balaban J connectivity index is 1.01. The van der Waals surface area contributed by atoms with Crippen LogP contribution in [0.25, 0.3) is 22.0 Å². The summed E-state index contributed by atoms with van der Waals surface area (Å²) in [7, 11) is 3.29. The minimum absolute atomic E-state index is 0.00212. The lowest BCUT2D eigenvalue weighted by Gasteiger charge is -2.34. The number of aromatic amines is 1. The number of nitrogens with zero attached hydrogens (tertiary/aromatic N) is 6. The zero-order chi connectivity index (χ0) is 40.7. The minimum Gasteiger partial charge on any atom is -0.371 e. The fourth-order valence-corrected chi connectivity index (χ4v) is 8.61. The first-order chi connectivity index (χ1) is 27.9.